The van der Waals surface area contributed by atoms with Gasteiger partial charge < -0.3 is 10.1 Å². The molecular formula is C26H24N2O6. The molecule has 0 fully saturated rings. The molecular weight excluding hydrogens is 436 g/mol. The fourth-order valence-electron chi connectivity index (χ4n) is 3.14. The van der Waals surface area contributed by atoms with Crippen LogP contribution in [0.3, 0.4) is 0 Å². The summed E-state index contributed by atoms with van der Waals surface area (Å²) in [5.74, 6) is -1.66. The highest BCUT2D eigenvalue weighted by Gasteiger charge is 2.17. The molecule has 0 unspecified atom stereocenters. The van der Waals surface area contributed by atoms with Gasteiger partial charge in [-0.05, 0) is 41.3 Å². The van der Waals surface area contributed by atoms with E-state index in [9.17, 15) is 24.5 Å². The summed E-state index contributed by atoms with van der Waals surface area (Å²) in [6.45, 7) is 5.69. The molecule has 3 rings (SSSR count). The van der Waals surface area contributed by atoms with Gasteiger partial charge in [0.15, 0.2) is 6.61 Å². The predicted molar refractivity (Wildman–Crippen MR) is 127 cm³/mol. The van der Waals surface area contributed by atoms with E-state index < -0.39 is 23.3 Å². The number of anilines is 1. The Hall–Kier alpha value is -4.33. The topological polar surface area (TPSA) is 116 Å². The zero-order valence-electron chi connectivity index (χ0n) is 19.0. The lowest BCUT2D eigenvalue weighted by atomic mass is 9.87. The van der Waals surface area contributed by atoms with Crippen molar-refractivity contribution >= 4 is 29.0 Å². The normalized spacial score (nSPS) is 10.9. The Bertz CT molecular complexity index is 1240. The zero-order valence-corrected chi connectivity index (χ0v) is 19.0. The molecule has 8 nitrogen and oxygen atoms in total. The monoisotopic (exact) mass is 460 g/mol. The number of nitro groups is 1. The zero-order chi connectivity index (χ0) is 24.9. The van der Waals surface area contributed by atoms with Crippen molar-refractivity contribution in [3.8, 4) is 0 Å². The van der Waals surface area contributed by atoms with Crippen LogP contribution >= 0.6 is 0 Å². The number of benzene rings is 3. The third kappa shape index (κ3) is 6.13. The van der Waals surface area contributed by atoms with Gasteiger partial charge in [0.25, 0.3) is 11.6 Å². The van der Waals surface area contributed by atoms with Crippen LogP contribution in [0, 0.1) is 10.1 Å². The van der Waals surface area contributed by atoms with Crippen LogP contribution in [0.1, 0.15) is 57.4 Å². The number of carbonyl (C=O) groups excluding carboxylic acids is 3. The van der Waals surface area contributed by atoms with E-state index in [-0.39, 0.29) is 28.1 Å². The minimum Gasteiger partial charge on any atom is -0.454 e. The van der Waals surface area contributed by atoms with Crippen molar-refractivity contribution in [1.29, 1.82) is 0 Å². The number of Topliss-reactive ketones (excluding diaryl/α,β-unsaturated/α-hetero) is 1. The Balaban J connectivity index is 1.62. The van der Waals surface area contributed by atoms with Gasteiger partial charge in [-0.1, -0.05) is 51.1 Å². The average Bonchev–Trinajstić information content (AvgIpc) is 2.82. The molecule has 1 amide bonds. The molecule has 0 saturated carbocycles. The van der Waals surface area contributed by atoms with Gasteiger partial charge in [-0.15, -0.1) is 0 Å². The van der Waals surface area contributed by atoms with Crippen LogP contribution < -0.4 is 5.32 Å². The number of amides is 1. The smallest absolute Gasteiger partial charge is 0.338 e. The predicted octanol–water partition coefficient (Wildman–Crippen LogP) is 5.18. The van der Waals surface area contributed by atoms with Crippen LogP contribution in [0.25, 0.3) is 0 Å². The van der Waals surface area contributed by atoms with Gasteiger partial charge >= 0.3 is 5.97 Å². The second-order valence-electron chi connectivity index (χ2n) is 8.67. The maximum Gasteiger partial charge on any atom is 0.338 e. The molecule has 0 saturated heterocycles. The summed E-state index contributed by atoms with van der Waals surface area (Å²) in [5.41, 5.74) is 1.93. The van der Waals surface area contributed by atoms with Crippen molar-refractivity contribution in [3.63, 3.8) is 0 Å². The second-order valence-corrected chi connectivity index (χ2v) is 8.67. The summed E-state index contributed by atoms with van der Waals surface area (Å²) >= 11 is 0. The van der Waals surface area contributed by atoms with Gasteiger partial charge in [0.1, 0.15) is 0 Å². The number of non-ortho nitro benzene ring substituents is 1. The van der Waals surface area contributed by atoms with Crippen LogP contribution in [0.4, 0.5) is 11.4 Å². The molecule has 0 bridgehead atoms. The molecule has 3 aromatic carbocycles. The van der Waals surface area contributed by atoms with Gasteiger partial charge in [0.2, 0.25) is 5.78 Å². The number of rotatable bonds is 7. The highest BCUT2D eigenvalue weighted by Crippen LogP contribution is 2.22. The van der Waals surface area contributed by atoms with E-state index in [1.165, 1.54) is 30.3 Å². The van der Waals surface area contributed by atoms with Crippen LogP contribution in [-0.2, 0) is 10.2 Å². The van der Waals surface area contributed by atoms with Crippen molar-refractivity contribution < 1.29 is 24.0 Å². The standard InChI is InChI=1S/C26H24N2O6/c1-26(2,3)20-12-10-17(11-13-20)24(30)27-21-8-4-7-19(14-21)25(31)34-16-23(29)18-6-5-9-22(15-18)28(32)33/h4-15H,16H2,1-3H3,(H,27,30). The van der Waals surface area contributed by atoms with Crippen LogP contribution in [0.5, 0.6) is 0 Å². The molecule has 0 atom stereocenters. The van der Waals surface area contributed by atoms with E-state index in [2.05, 4.69) is 26.1 Å². The molecule has 0 aliphatic heterocycles. The molecule has 0 spiro atoms. The van der Waals surface area contributed by atoms with Crippen molar-refractivity contribution in [2.24, 2.45) is 0 Å². The van der Waals surface area contributed by atoms with Gasteiger partial charge in [0.05, 0.1) is 10.5 Å². The Morgan fingerprint density at radius 1 is 0.882 bits per heavy atom. The van der Waals surface area contributed by atoms with Crippen molar-refractivity contribution in [3.05, 3.63) is 105 Å². The van der Waals surface area contributed by atoms with E-state index in [1.807, 2.05) is 12.1 Å². The SMILES string of the molecule is CC(C)(C)c1ccc(C(=O)Nc2cccc(C(=O)OCC(=O)c3cccc([N+](=O)[O-])c3)c2)cc1. The number of esters is 1. The quantitative estimate of drug-likeness (QED) is 0.225. The fraction of sp³-hybridized carbons (Fsp3) is 0.192. The third-order valence-electron chi connectivity index (χ3n) is 5.08. The first-order valence-electron chi connectivity index (χ1n) is 10.5. The minimum atomic E-state index is -0.760. The molecule has 0 heterocycles. The first-order valence-corrected chi connectivity index (χ1v) is 10.5. The maximum atomic E-state index is 12.6. The Kier molecular flexibility index (Phi) is 7.21. The summed E-state index contributed by atoms with van der Waals surface area (Å²) in [6, 6.07) is 18.6. The molecule has 0 aromatic heterocycles. The first kappa shape index (κ1) is 24.3. The van der Waals surface area contributed by atoms with Crippen LogP contribution in [0.15, 0.2) is 72.8 Å². The summed E-state index contributed by atoms with van der Waals surface area (Å²) in [7, 11) is 0. The molecule has 1 N–H and O–H groups in total. The number of hydrogen-bond donors (Lipinski definition) is 1. The summed E-state index contributed by atoms with van der Waals surface area (Å²) < 4.78 is 5.06. The Morgan fingerprint density at radius 2 is 1.53 bits per heavy atom. The summed E-state index contributed by atoms with van der Waals surface area (Å²) in [5, 5.41) is 13.6. The van der Waals surface area contributed by atoms with Gasteiger partial charge in [-0.3, -0.25) is 19.7 Å². The molecule has 0 aliphatic carbocycles. The summed E-state index contributed by atoms with van der Waals surface area (Å²) in [6.07, 6.45) is 0. The van der Waals surface area contributed by atoms with E-state index in [4.69, 9.17) is 4.74 Å². The van der Waals surface area contributed by atoms with E-state index in [0.717, 1.165) is 11.6 Å². The number of nitrogens with one attached hydrogen (secondary N) is 1. The van der Waals surface area contributed by atoms with E-state index in [0.29, 0.717) is 11.3 Å². The van der Waals surface area contributed by atoms with Crippen LogP contribution in [0.2, 0.25) is 0 Å². The van der Waals surface area contributed by atoms with Gasteiger partial charge in [-0.25, -0.2) is 4.79 Å². The summed E-state index contributed by atoms with van der Waals surface area (Å²) in [4.78, 5) is 47.5. The lowest BCUT2D eigenvalue weighted by molar-refractivity contribution is -0.384. The van der Waals surface area contributed by atoms with Gasteiger partial charge in [0, 0.05) is 28.9 Å². The lowest BCUT2D eigenvalue weighted by Gasteiger charge is -2.19. The molecule has 0 radical (unpaired) electrons. The van der Waals surface area contributed by atoms with Crippen molar-refractivity contribution in [2.45, 2.75) is 26.2 Å². The van der Waals surface area contributed by atoms with Gasteiger partial charge in [-0.2, -0.15) is 0 Å². The molecule has 3 aromatic rings. The number of nitro benzene ring substituents is 1. The fourth-order valence-corrected chi connectivity index (χ4v) is 3.14. The molecule has 8 heteroatoms. The minimum absolute atomic E-state index is 0.0275. The maximum absolute atomic E-state index is 12.6. The lowest BCUT2D eigenvalue weighted by Crippen LogP contribution is -2.16. The number of ketones is 1. The van der Waals surface area contributed by atoms with E-state index >= 15 is 0 Å². The number of hydrogen-bond acceptors (Lipinski definition) is 6. The second kappa shape index (κ2) is 10.1. The van der Waals surface area contributed by atoms with E-state index in [1.54, 1.807) is 24.3 Å². The van der Waals surface area contributed by atoms with Crippen molar-refractivity contribution in [1.82, 2.24) is 0 Å². The Morgan fingerprint density at radius 3 is 2.18 bits per heavy atom. The highest BCUT2D eigenvalue weighted by atomic mass is 16.6. The number of nitrogens with zero attached hydrogens (tertiary/aromatic N) is 1. The number of carbonyl (C=O) groups is 3. The first-order chi connectivity index (χ1) is 16.0. The highest BCUT2D eigenvalue weighted by molar-refractivity contribution is 6.05. The number of ether oxygens (including phenoxy) is 1. The molecule has 34 heavy (non-hydrogen) atoms. The Labute approximate surface area is 196 Å². The third-order valence-corrected chi connectivity index (χ3v) is 5.08. The largest absolute Gasteiger partial charge is 0.454 e. The molecule has 0 aliphatic rings. The molecule has 174 valence electrons. The van der Waals surface area contributed by atoms with Crippen molar-refractivity contribution in [2.75, 3.05) is 11.9 Å². The average molecular weight is 460 g/mol. The van der Waals surface area contributed by atoms with Crippen LogP contribution in [-0.4, -0.2) is 29.2 Å².